The third kappa shape index (κ3) is 2.79. The van der Waals surface area contributed by atoms with E-state index < -0.39 is 6.04 Å². The van der Waals surface area contributed by atoms with E-state index in [1.807, 2.05) is 19.1 Å². The molecule has 1 N–H and O–H groups in total. The van der Waals surface area contributed by atoms with Crippen LogP contribution in [-0.2, 0) is 4.79 Å². The van der Waals surface area contributed by atoms with Crippen molar-refractivity contribution < 1.29 is 4.79 Å². The summed E-state index contributed by atoms with van der Waals surface area (Å²) >= 11 is 0. The molecule has 0 bridgehead atoms. The van der Waals surface area contributed by atoms with Crippen LogP contribution in [0.4, 0.5) is 5.69 Å². The van der Waals surface area contributed by atoms with Gasteiger partial charge in [-0.25, -0.2) is 0 Å². The zero-order valence-corrected chi connectivity index (χ0v) is 11.3. The molecule has 1 fully saturated rings. The number of nitriles is 2. The van der Waals surface area contributed by atoms with Crippen molar-refractivity contribution in [2.24, 2.45) is 5.92 Å². The van der Waals surface area contributed by atoms with Crippen molar-refractivity contribution in [2.45, 2.75) is 19.4 Å². The SMILES string of the molecule is CC1CNC(CC#N)C(=O)N(c2ccccc2C#N)C1. The van der Waals surface area contributed by atoms with Gasteiger partial charge in [-0.3, -0.25) is 4.79 Å². The van der Waals surface area contributed by atoms with Gasteiger partial charge in [0.05, 0.1) is 23.7 Å². The third-order valence-electron chi connectivity index (χ3n) is 3.38. The minimum absolute atomic E-state index is 0.136. The van der Waals surface area contributed by atoms with Crippen LogP contribution < -0.4 is 10.2 Å². The van der Waals surface area contributed by atoms with Gasteiger partial charge in [-0.1, -0.05) is 19.1 Å². The molecular weight excluding hydrogens is 252 g/mol. The lowest BCUT2D eigenvalue weighted by Crippen LogP contribution is -2.43. The maximum atomic E-state index is 12.6. The summed E-state index contributed by atoms with van der Waals surface area (Å²) in [5, 5.41) is 21.1. The first kappa shape index (κ1) is 14.0. The number of anilines is 1. The topological polar surface area (TPSA) is 79.9 Å². The minimum Gasteiger partial charge on any atom is -0.309 e. The highest BCUT2D eigenvalue weighted by atomic mass is 16.2. The zero-order chi connectivity index (χ0) is 14.5. The molecule has 5 heteroatoms. The van der Waals surface area contributed by atoms with Crippen LogP contribution in [0.3, 0.4) is 0 Å². The number of carbonyl (C=O) groups excluding carboxylic acids is 1. The Bertz CT molecular complexity index is 584. The van der Waals surface area contributed by atoms with Gasteiger partial charge in [0.1, 0.15) is 12.1 Å². The first-order valence-electron chi connectivity index (χ1n) is 6.58. The lowest BCUT2D eigenvalue weighted by molar-refractivity contribution is -0.120. The zero-order valence-electron chi connectivity index (χ0n) is 11.3. The van der Waals surface area contributed by atoms with Crippen LogP contribution >= 0.6 is 0 Å². The molecule has 1 heterocycles. The van der Waals surface area contributed by atoms with E-state index in [1.165, 1.54) is 0 Å². The van der Waals surface area contributed by atoms with E-state index in [-0.39, 0.29) is 18.2 Å². The second-order valence-corrected chi connectivity index (χ2v) is 5.01. The van der Waals surface area contributed by atoms with E-state index in [1.54, 1.807) is 23.1 Å². The fourth-order valence-corrected chi connectivity index (χ4v) is 2.36. The highest BCUT2D eigenvalue weighted by molar-refractivity contribution is 5.98. The fraction of sp³-hybridized carbons (Fsp3) is 0.400. The number of hydrogen-bond donors (Lipinski definition) is 1. The molecule has 0 saturated carbocycles. The van der Waals surface area contributed by atoms with Crippen LogP contribution in [0, 0.1) is 28.6 Å². The summed E-state index contributed by atoms with van der Waals surface area (Å²) < 4.78 is 0. The third-order valence-corrected chi connectivity index (χ3v) is 3.38. The lowest BCUT2D eigenvalue weighted by atomic mass is 10.1. The quantitative estimate of drug-likeness (QED) is 0.879. The van der Waals surface area contributed by atoms with Gasteiger partial charge in [-0.2, -0.15) is 10.5 Å². The van der Waals surface area contributed by atoms with Crippen molar-refractivity contribution in [3.8, 4) is 12.1 Å². The summed E-state index contributed by atoms with van der Waals surface area (Å²) in [5.74, 6) is 0.119. The predicted molar refractivity (Wildman–Crippen MR) is 74.7 cm³/mol. The fourth-order valence-electron chi connectivity index (χ4n) is 2.36. The molecule has 1 aliphatic rings. The average molecular weight is 268 g/mol. The van der Waals surface area contributed by atoms with Crippen molar-refractivity contribution in [1.82, 2.24) is 5.32 Å². The molecule has 0 aromatic heterocycles. The van der Waals surface area contributed by atoms with Crippen molar-refractivity contribution in [3.63, 3.8) is 0 Å². The Hall–Kier alpha value is -2.37. The number of hydrogen-bond acceptors (Lipinski definition) is 4. The van der Waals surface area contributed by atoms with Crippen LogP contribution in [0.25, 0.3) is 0 Å². The maximum absolute atomic E-state index is 12.6. The Kier molecular flexibility index (Phi) is 4.34. The first-order valence-corrected chi connectivity index (χ1v) is 6.58. The van der Waals surface area contributed by atoms with E-state index in [2.05, 4.69) is 11.4 Å². The number of benzene rings is 1. The molecule has 2 rings (SSSR count). The molecule has 0 aliphatic carbocycles. The van der Waals surface area contributed by atoms with Crippen molar-refractivity contribution in [1.29, 1.82) is 10.5 Å². The average Bonchev–Trinajstić information content (AvgIpc) is 2.61. The highest BCUT2D eigenvalue weighted by Crippen LogP contribution is 2.23. The van der Waals surface area contributed by atoms with E-state index in [0.717, 1.165) is 0 Å². The normalized spacial score (nSPS) is 22.8. The smallest absolute Gasteiger partial charge is 0.245 e. The summed E-state index contributed by atoms with van der Waals surface area (Å²) in [4.78, 5) is 14.2. The molecule has 2 unspecified atom stereocenters. The molecule has 0 radical (unpaired) electrons. The van der Waals surface area contributed by atoms with Crippen LogP contribution in [0.2, 0.25) is 0 Å². The van der Waals surface area contributed by atoms with Crippen molar-refractivity contribution in [2.75, 3.05) is 18.0 Å². The van der Waals surface area contributed by atoms with Crippen LogP contribution in [0.1, 0.15) is 18.9 Å². The van der Waals surface area contributed by atoms with Crippen LogP contribution in [-0.4, -0.2) is 25.0 Å². The number of amides is 1. The standard InChI is InChI=1S/C15H16N4O/c1-11-9-18-13(6-7-16)15(20)19(10-11)14-5-3-2-4-12(14)8-17/h2-5,11,13,18H,6,9-10H2,1H3. The highest BCUT2D eigenvalue weighted by Gasteiger charge is 2.30. The van der Waals surface area contributed by atoms with Gasteiger partial charge in [0, 0.05) is 13.1 Å². The summed E-state index contributed by atoms with van der Waals surface area (Å²) in [7, 11) is 0. The molecule has 1 aliphatic heterocycles. The van der Waals surface area contributed by atoms with E-state index in [0.29, 0.717) is 24.3 Å². The van der Waals surface area contributed by atoms with E-state index in [9.17, 15) is 10.1 Å². The summed E-state index contributed by atoms with van der Waals surface area (Å²) in [6.07, 6.45) is 0.136. The molecule has 1 saturated heterocycles. The maximum Gasteiger partial charge on any atom is 0.245 e. The number of carbonyl (C=O) groups is 1. The van der Waals surface area contributed by atoms with Gasteiger partial charge in [0.25, 0.3) is 0 Å². The van der Waals surface area contributed by atoms with Gasteiger partial charge >= 0.3 is 0 Å². The largest absolute Gasteiger partial charge is 0.309 e. The molecule has 1 amide bonds. The summed E-state index contributed by atoms with van der Waals surface area (Å²) in [6, 6.07) is 10.7. The van der Waals surface area contributed by atoms with Gasteiger partial charge in [0.15, 0.2) is 0 Å². The van der Waals surface area contributed by atoms with Crippen LogP contribution in [0.15, 0.2) is 24.3 Å². The molecule has 1 aromatic rings. The number of rotatable bonds is 2. The Balaban J connectivity index is 2.39. The monoisotopic (exact) mass is 268 g/mol. The predicted octanol–water partition coefficient (Wildman–Crippen LogP) is 1.41. The molecule has 1 aromatic carbocycles. The Morgan fingerprint density at radius 1 is 1.40 bits per heavy atom. The second kappa shape index (κ2) is 6.18. The molecule has 102 valence electrons. The Morgan fingerprint density at radius 2 is 2.15 bits per heavy atom. The Labute approximate surface area is 118 Å². The molecular formula is C15H16N4O. The Morgan fingerprint density at radius 3 is 2.85 bits per heavy atom. The van der Waals surface area contributed by atoms with Gasteiger partial charge < -0.3 is 10.2 Å². The lowest BCUT2D eigenvalue weighted by Gasteiger charge is -2.25. The van der Waals surface area contributed by atoms with Gasteiger partial charge in [-0.15, -0.1) is 0 Å². The van der Waals surface area contributed by atoms with Crippen LogP contribution in [0.5, 0.6) is 0 Å². The molecule has 0 spiro atoms. The van der Waals surface area contributed by atoms with E-state index in [4.69, 9.17) is 5.26 Å². The first-order chi connectivity index (χ1) is 9.67. The van der Waals surface area contributed by atoms with Crippen molar-refractivity contribution >= 4 is 11.6 Å². The van der Waals surface area contributed by atoms with Gasteiger partial charge in [-0.05, 0) is 18.1 Å². The summed E-state index contributed by atoms with van der Waals surface area (Å²) in [6.45, 7) is 3.27. The second-order valence-electron chi connectivity index (χ2n) is 5.01. The summed E-state index contributed by atoms with van der Waals surface area (Å²) in [5.41, 5.74) is 1.10. The van der Waals surface area contributed by atoms with Gasteiger partial charge in [0.2, 0.25) is 5.91 Å². The molecule has 20 heavy (non-hydrogen) atoms. The minimum atomic E-state index is -0.503. The number of nitrogens with zero attached hydrogens (tertiary/aromatic N) is 3. The molecule has 2 atom stereocenters. The van der Waals surface area contributed by atoms with Crippen molar-refractivity contribution in [3.05, 3.63) is 29.8 Å². The number of para-hydroxylation sites is 1. The molecule has 5 nitrogen and oxygen atoms in total. The number of nitrogens with one attached hydrogen (secondary N) is 1. The van der Waals surface area contributed by atoms with E-state index >= 15 is 0 Å².